The van der Waals surface area contributed by atoms with Gasteiger partial charge in [0.1, 0.15) is 5.58 Å². The van der Waals surface area contributed by atoms with Crippen molar-refractivity contribution < 1.29 is 18.8 Å². The van der Waals surface area contributed by atoms with Gasteiger partial charge < -0.3 is 9.73 Å². The van der Waals surface area contributed by atoms with Gasteiger partial charge in [-0.25, -0.2) is 0 Å². The molecule has 7 nitrogen and oxygen atoms in total. The Morgan fingerprint density at radius 1 is 0.963 bits per heavy atom. The number of hydrogen-bond acceptors (Lipinski definition) is 4. The fraction of sp³-hybridized carbons (Fsp3) is 0.150. The predicted molar refractivity (Wildman–Crippen MR) is 101 cm³/mol. The number of nitrogens with one attached hydrogen (secondary N) is 3. The molecule has 27 heavy (non-hydrogen) atoms. The van der Waals surface area contributed by atoms with Gasteiger partial charge in [0.15, 0.2) is 5.76 Å². The Bertz CT molecular complexity index is 1020. The molecular formula is C20H19N3O4. The van der Waals surface area contributed by atoms with Crippen molar-refractivity contribution in [2.45, 2.75) is 20.3 Å². The number of hydrogen-bond donors (Lipinski definition) is 3. The van der Waals surface area contributed by atoms with Gasteiger partial charge in [0.05, 0.1) is 0 Å². The number of benzene rings is 2. The van der Waals surface area contributed by atoms with Crippen LogP contribution >= 0.6 is 0 Å². The third-order valence-electron chi connectivity index (χ3n) is 4.07. The van der Waals surface area contributed by atoms with Crippen LogP contribution in [-0.4, -0.2) is 17.7 Å². The molecule has 0 aliphatic carbocycles. The maximum atomic E-state index is 12.3. The summed E-state index contributed by atoms with van der Waals surface area (Å²) in [5.74, 6) is -1.07. The zero-order chi connectivity index (χ0) is 19.4. The summed E-state index contributed by atoms with van der Waals surface area (Å²) in [5.41, 5.74) is 6.81. The average Bonchev–Trinajstić information content (AvgIpc) is 3.03. The second-order valence-corrected chi connectivity index (χ2v) is 5.94. The second-order valence-electron chi connectivity index (χ2n) is 5.94. The molecule has 0 saturated heterocycles. The van der Waals surface area contributed by atoms with Crippen molar-refractivity contribution in [3.05, 3.63) is 65.4 Å². The smallest absolute Gasteiger partial charge is 0.305 e. The third-order valence-corrected chi connectivity index (χ3v) is 4.07. The molecule has 3 N–H and O–H groups in total. The molecule has 0 radical (unpaired) electrons. The van der Waals surface area contributed by atoms with Gasteiger partial charge in [-0.2, -0.15) is 0 Å². The van der Waals surface area contributed by atoms with Crippen LogP contribution in [-0.2, 0) is 4.79 Å². The van der Waals surface area contributed by atoms with E-state index in [1.807, 2.05) is 18.2 Å². The first-order chi connectivity index (χ1) is 13.0. The van der Waals surface area contributed by atoms with Crippen molar-refractivity contribution in [1.82, 2.24) is 10.9 Å². The molecule has 0 atom stereocenters. The standard InChI is InChI=1S/C20H19N3O4/c1-3-17(24)21-14-8-6-7-13(11-14)19(25)22-23-20(26)18-12(2)15-9-4-5-10-16(15)27-18/h4-11H,3H2,1-2H3,(H,21,24)(H,22,25)(H,23,26). The highest BCUT2D eigenvalue weighted by Gasteiger charge is 2.18. The van der Waals surface area contributed by atoms with E-state index in [1.54, 1.807) is 38.1 Å². The Kier molecular flexibility index (Phi) is 5.21. The molecule has 0 aliphatic rings. The van der Waals surface area contributed by atoms with Crippen LogP contribution in [0.5, 0.6) is 0 Å². The Morgan fingerprint density at radius 2 is 1.70 bits per heavy atom. The minimum absolute atomic E-state index is 0.139. The number of furan rings is 1. The van der Waals surface area contributed by atoms with Crippen molar-refractivity contribution in [3.63, 3.8) is 0 Å². The van der Waals surface area contributed by atoms with Crippen LogP contribution in [0.2, 0.25) is 0 Å². The summed E-state index contributed by atoms with van der Waals surface area (Å²) in [4.78, 5) is 36.1. The van der Waals surface area contributed by atoms with Gasteiger partial charge in [-0.15, -0.1) is 0 Å². The molecule has 3 rings (SSSR count). The highest BCUT2D eigenvalue weighted by molar-refractivity contribution is 6.02. The monoisotopic (exact) mass is 365 g/mol. The van der Waals surface area contributed by atoms with Gasteiger partial charge in [-0.1, -0.05) is 31.2 Å². The molecule has 0 saturated carbocycles. The molecule has 2 aromatic carbocycles. The van der Waals surface area contributed by atoms with Gasteiger partial charge in [-0.05, 0) is 31.2 Å². The number of amides is 3. The Labute approximate surface area is 155 Å². The van der Waals surface area contributed by atoms with Crippen LogP contribution in [0.4, 0.5) is 5.69 Å². The fourth-order valence-corrected chi connectivity index (χ4v) is 2.62. The maximum absolute atomic E-state index is 12.3. The number of hydrazine groups is 1. The van der Waals surface area contributed by atoms with E-state index < -0.39 is 11.8 Å². The van der Waals surface area contributed by atoms with E-state index in [0.717, 1.165) is 5.39 Å². The lowest BCUT2D eigenvalue weighted by Crippen LogP contribution is -2.41. The van der Waals surface area contributed by atoms with Gasteiger partial charge >= 0.3 is 5.91 Å². The number of fused-ring (bicyclic) bond motifs is 1. The van der Waals surface area contributed by atoms with Gasteiger partial charge in [0.25, 0.3) is 5.91 Å². The van der Waals surface area contributed by atoms with Gasteiger partial charge in [0.2, 0.25) is 5.91 Å². The molecule has 3 amide bonds. The molecule has 0 fully saturated rings. The Balaban J connectivity index is 1.68. The predicted octanol–water partition coefficient (Wildman–Crippen LogP) is 3.16. The summed E-state index contributed by atoms with van der Waals surface area (Å²) in [5, 5.41) is 3.52. The molecule has 1 heterocycles. The van der Waals surface area contributed by atoms with Crippen molar-refractivity contribution in [3.8, 4) is 0 Å². The number of para-hydroxylation sites is 1. The molecule has 0 spiro atoms. The summed E-state index contributed by atoms with van der Waals surface area (Å²) in [7, 11) is 0. The minimum Gasteiger partial charge on any atom is -0.451 e. The van der Waals surface area contributed by atoms with Gasteiger partial charge in [-0.3, -0.25) is 25.2 Å². The lowest BCUT2D eigenvalue weighted by atomic mass is 10.1. The van der Waals surface area contributed by atoms with Gasteiger partial charge in [0, 0.05) is 28.6 Å². The quantitative estimate of drug-likeness (QED) is 0.618. The zero-order valence-electron chi connectivity index (χ0n) is 15.0. The maximum Gasteiger partial charge on any atom is 0.305 e. The highest BCUT2D eigenvalue weighted by Crippen LogP contribution is 2.24. The Morgan fingerprint density at radius 3 is 2.44 bits per heavy atom. The van der Waals surface area contributed by atoms with E-state index >= 15 is 0 Å². The van der Waals surface area contributed by atoms with E-state index in [2.05, 4.69) is 16.2 Å². The van der Waals surface area contributed by atoms with E-state index in [-0.39, 0.29) is 11.7 Å². The number of aryl methyl sites for hydroxylation is 1. The topological polar surface area (TPSA) is 100 Å². The number of anilines is 1. The van der Waals surface area contributed by atoms with Crippen LogP contribution in [0.25, 0.3) is 11.0 Å². The number of rotatable bonds is 4. The molecule has 0 bridgehead atoms. The molecule has 138 valence electrons. The SMILES string of the molecule is CCC(=O)Nc1cccc(C(=O)NNC(=O)c2oc3ccccc3c2C)c1. The van der Waals surface area contributed by atoms with Crippen molar-refractivity contribution in [2.24, 2.45) is 0 Å². The van der Waals surface area contributed by atoms with Crippen molar-refractivity contribution >= 4 is 34.4 Å². The van der Waals surface area contributed by atoms with Crippen LogP contribution in [0, 0.1) is 6.92 Å². The highest BCUT2D eigenvalue weighted by atomic mass is 16.3. The number of carbonyl (C=O) groups is 3. The second kappa shape index (κ2) is 7.74. The summed E-state index contributed by atoms with van der Waals surface area (Å²) < 4.78 is 5.56. The van der Waals surface area contributed by atoms with Crippen LogP contribution in [0.15, 0.2) is 52.9 Å². The Hall–Kier alpha value is -3.61. The first-order valence-corrected chi connectivity index (χ1v) is 8.48. The zero-order valence-corrected chi connectivity index (χ0v) is 15.0. The summed E-state index contributed by atoms with van der Waals surface area (Å²) in [6.07, 6.45) is 0.337. The van der Waals surface area contributed by atoms with Crippen molar-refractivity contribution in [1.29, 1.82) is 0 Å². The summed E-state index contributed by atoms with van der Waals surface area (Å²) >= 11 is 0. The van der Waals surface area contributed by atoms with E-state index in [4.69, 9.17) is 4.42 Å². The summed E-state index contributed by atoms with van der Waals surface area (Å²) in [6, 6.07) is 13.7. The van der Waals surface area contributed by atoms with E-state index in [9.17, 15) is 14.4 Å². The normalized spacial score (nSPS) is 10.4. The molecule has 3 aromatic rings. The van der Waals surface area contributed by atoms with E-state index in [1.165, 1.54) is 6.07 Å². The molecule has 0 unspecified atom stereocenters. The molecular weight excluding hydrogens is 346 g/mol. The average molecular weight is 365 g/mol. The van der Waals surface area contributed by atoms with Crippen LogP contribution < -0.4 is 16.2 Å². The lowest BCUT2D eigenvalue weighted by Gasteiger charge is -2.08. The van der Waals surface area contributed by atoms with E-state index in [0.29, 0.717) is 28.8 Å². The fourth-order valence-electron chi connectivity index (χ4n) is 2.62. The lowest BCUT2D eigenvalue weighted by molar-refractivity contribution is -0.115. The first kappa shape index (κ1) is 18.2. The van der Waals surface area contributed by atoms with Crippen molar-refractivity contribution in [2.75, 3.05) is 5.32 Å². The first-order valence-electron chi connectivity index (χ1n) is 8.48. The van der Waals surface area contributed by atoms with Crippen LogP contribution in [0.1, 0.15) is 39.8 Å². The largest absolute Gasteiger partial charge is 0.451 e. The minimum atomic E-state index is -0.549. The molecule has 1 aromatic heterocycles. The molecule has 0 aliphatic heterocycles. The summed E-state index contributed by atoms with van der Waals surface area (Å²) in [6.45, 7) is 3.52. The molecule has 7 heteroatoms. The number of carbonyl (C=O) groups excluding carboxylic acids is 3. The third kappa shape index (κ3) is 3.98. The van der Waals surface area contributed by atoms with Crippen LogP contribution in [0.3, 0.4) is 0 Å².